The van der Waals surface area contributed by atoms with E-state index in [-0.39, 0.29) is 12.6 Å². The lowest BCUT2D eigenvalue weighted by Crippen LogP contribution is -2.51. The van der Waals surface area contributed by atoms with Gasteiger partial charge in [0.05, 0.1) is 6.61 Å². The van der Waals surface area contributed by atoms with Gasteiger partial charge in [-0.1, -0.05) is 13.8 Å². The molecule has 0 heterocycles. The summed E-state index contributed by atoms with van der Waals surface area (Å²) in [6.45, 7) is 6.72. The molecule has 14 heavy (non-hydrogen) atoms. The molecule has 0 rings (SSSR count). The topological polar surface area (TPSA) is 81.6 Å². The van der Waals surface area contributed by atoms with E-state index in [9.17, 15) is 9.90 Å². The molecule has 0 aromatic rings. The van der Waals surface area contributed by atoms with E-state index in [1.165, 1.54) is 0 Å². The highest BCUT2D eigenvalue weighted by molar-refractivity contribution is 5.80. The number of hydrogen-bond donors (Lipinski definition) is 4. The van der Waals surface area contributed by atoms with Gasteiger partial charge in [-0.15, -0.1) is 0 Å². The van der Waals surface area contributed by atoms with Gasteiger partial charge in [0.15, 0.2) is 0 Å². The van der Waals surface area contributed by atoms with Crippen LogP contribution in [-0.2, 0) is 4.79 Å². The number of carbonyl (C=O) groups is 1. The first-order valence-electron chi connectivity index (χ1n) is 4.65. The summed E-state index contributed by atoms with van der Waals surface area (Å²) in [5.74, 6) is -0.530. The van der Waals surface area contributed by atoms with Crippen LogP contribution in [0.1, 0.15) is 27.7 Å². The highest BCUT2D eigenvalue weighted by Gasteiger charge is 2.32. The van der Waals surface area contributed by atoms with Crippen LogP contribution in [0, 0.1) is 5.41 Å². The van der Waals surface area contributed by atoms with Gasteiger partial charge in [0.2, 0.25) is 0 Å². The fourth-order valence-electron chi connectivity index (χ4n) is 0.725. The van der Waals surface area contributed by atoms with Gasteiger partial charge in [-0.05, 0) is 13.8 Å². The Morgan fingerprint density at radius 1 is 1.43 bits per heavy atom. The Hall–Kier alpha value is -0.650. The average Bonchev–Trinajstić information content (AvgIpc) is 2.12. The molecule has 0 saturated carbocycles. The Morgan fingerprint density at radius 2 is 1.93 bits per heavy atom. The molecule has 5 heteroatoms. The molecule has 0 saturated heterocycles. The van der Waals surface area contributed by atoms with Crippen LogP contribution in [0.2, 0.25) is 0 Å². The molecule has 0 unspecified atom stereocenters. The predicted octanol–water partition coefficient (Wildman–Crippen LogP) is -0.605. The van der Waals surface area contributed by atoms with Gasteiger partial charge in [-0.3, -0.25) is 10.2 Å². The summed E-state index contributed by atoms with van der Waals surface area (Å²) in [4.78, 5) is 11.3. The molecule has 84 valence electrons. The third-order valence-corrected chi connectivity index (χ3v) is 1.88. The van der Waals surface area contributed by atoms with Crippen LogP contribution in [0.15, 0.2) is 0 Å². The molecule has 0 aliphatic rings. The van der Waals surface area contributed by atoms with Crippen molar-refractivity contribution in [2.45, 2.75) is 39.8 Å². The monoisotopic (exact) mass is 204 g/mol. The van der Waals surface area contributed by atoms with E-state index in [2.05, 4.69) is 10.9 Å². The summed E-state index contributed by atoms with van der Waals surface area (Å²) in [7, 11) is 0. The average molecular weight is 204 g/mol. The van der Waals surface area contributed by atoms with Crippen LogP contribution in [0.4, 0.5) is 0 Å². The smallest absolute Gasteiger partial charge is 0.263 e. The van der Waals surface area contributed by atoms with Crippen molar-refractivity contribution in [2.24, 2.45) is 5.41 Å². The normalized spacial score (nSPS) is 14.2. The molecule has 1 amide bonds. The second-order valence-corrected chi connectivity index (χ2v) is 4.34. The zero-order chi connectivity index (χ0) is 11.4. The number of rotatable bonds is 5. The summed E-state index contributed by atoms with van der Waals surface area (Å²) in [6.07, 6.45) is -1.22. The fourth-order valence-corrected chi connectivity index (χ4v) is 0.725. The van der Waals surface area contributed by atoms with Crippen molar-refractivity contribution in [1.29, 1.82) is 0 Å². The van der Waals surface area contributed by atoms with E-state index in [1.807, 2.05) is 13.8 Å². The third-order valence-electron chi connectivity index (χ3n) is 1.88. The first kappa shape index (κ1) is 13.4. The van der Waals surface area contributed by atoms with Crippen molar-refractivity contribution < 1.29 is 15.0 Å². The molecule has 0 radical (unpaired) electrons. The van der Waals surface area contributed by atoms with E-state index < -0.39 is 17.4 Å². The molecule has 4 N–H and O–H groups in total. The van der Waals surface area contributed by atoms with Crippen molar-refractivity contribution in [3.8, 4) is 0 Å². The van der Waals surface area contributed by atoms with Crippen LogP contribution >= 0.6 is 0 Å². The summed E-state index contributed by atoms with van der Waals surface area (Å²) in [5, 5.41) is 18.5. The number of hydrazine groups is 1. The largest absolute Gasteiger partial charge is 0.396 e. The van der Waals surface area contributed by atoms with E-state index in [0.29, 0.717) is 0 Å². The summed E-state index contributed by atoms with van der Waals surface area (Å²) in [5.41, 5.74) is 4.22. The fraction of sp³-hybridized carbons (Fsp3) is 0.889. The minimum atomic E-state index is -1.22. The molecule has 0 aromatic heterocycles. The maximum absolute atomic E-state index is 11.3. The first-order valence-corrected chi connectivity index (χ1v) is 4.65. The third kappa shape index (κ3) is 4.04. The molecule has 1 atom stereocenters. The number of amides is 1. The Bertz CT molecular complexity index is 192. The number of aliphatic hydroxyl groups excluding tert-OH is 2. The summed E-state index contributed by atoms with van der Waals surface area (Å²) in [6, 6.07) is 0.100. The van der Waals surface area contributed by atoms with Gasteiger partial charge in [0.25, 0.3) is 5.91 Å². The van der Waals surface area contributed by atoms with Crippen LogP contribution in [0.3, 0.4) is 0 Å². The second kappa shape index (κ2) is 5.29. The van der Waals surface area contributed by atoms with Crippen molar-refractivity contribution >= 4 is 5.91 Å². The molecular formula is C9H20N2O3. The highest BCUT2D eigenvalue weighted by atomic mass is 16.3. The molecule has 0 bridgehead atoms. The van der Waals surface area contributed by atoms with Crippen molar-refractivity contribution in [3.05, 3.63) is 0 Å². The van der Waals surface area contributed by atoms with Crippen molar-refractivity contribution in [1.82, 2.24) is 10.9 Å². The number of carbonyl (C=O) groups excluding carboxylic acids is 1. The SMILES string of the molecule is CC(C)NNC(=O)[C@H](O)C(C)(C)CO. The van der Waals surface area contributed by atoms with Crippen LogP contribution in [-0.4, -0.2) is 34.9 Å². The summed E-state index contributed by atoms with van der Waals surface area (Å²) < 4.78 is 0. The number of aliphatic hydroxyl groups is 2. The maximum Gasteiger partial charge on any atom is 0.263 e. The molecule has 5 nitrogen and oxygen atoms in total. The Morgan fingerprint density at radius 3 is 2.29 bits per heavy atom. The zero-order valence-corrected chi connectivity index (χ0v) is 9.16. The van der Waals surface area contributed by atoms with Crippen LogP contribution in [0.25, 0.3) is 0 Å². The van der Waals surface area contributed by atoms with Gasteiger partial charge >= 0.3 is 0 Å². The van der Waals surface area contributed by atoms with Gasteiger partial charge in [-0.2, -0.15) is 0 Å². The summed E-state index contributed by atoms with van der Waals surface area (Å²) >= 11 is 0. The quantitative estimate of drug-likeness (QED) is 0.451. The Labute approximate surface area is 84.5 Å². The Balaban J connectivity index is 4.12. The lowest BCUT2D eigenvalue weighted by molar-refractivity contribution is -0.138. The van der Waals surface area contributed by atoms with Crippen molar-refractivity contribution in [3.63, 3.8) is 0 Å². The number of nitrogens with one attached hydrogen (secondary N) is 2. The lowest BCUT2D eigenvalue weighted by atomic mass is 9.87. The van der Waals surface area contributed by atoms with Crippen LogP contribution < -0.4 is 10.9 Å². The first-order chi connectivity index (χ1) is 6.31. The van der Waals surface area contributed by atoms with E-state index in [4.69, 9.17) is 5.11 Å². The standard InChI is InChI=1S/C9H20N2O3/c1-6(2)10-11-8(14)7(13)9(3,4)5-12/h6-7,10,12-13H,5H2,1-4H3,(H,11,14)/t7-/m0/s1. The van der Waals surface area contributed by atoms with E-state index in [1.54, 1.807) is 13.8 Å². The van der Waals surface area contributed by atoms with Gasteiger partial charge in [-0.25, -0.2) is 5.43 Å². The van der Waals surface area contributed by atoms with E-state index in [0.717, 1.165) is 0 Å². The molecular weight excluding hydrogens is 184 g/mol. The maximum atomic E-state index is 11.3. The lowest BCUT2D eigenvalue weighted by Gasteiger charge is -2.27. The van der Waals surface area contributed by atoms with E-state index >= 15 is 0 Å². The molecule has 0 spiro atoms. The van der Waals surface area contributed by atoms with Crippen LogP contribution in [0.5, 0.6) is 0 Å². The number of hydrogen-bond acceptors (Lipinski definition) is 4. The molecule has 0 aromatic carbocycles. The van der Waals surface area contributed by atoms with Gasteiger partial charge in [0.1, 0.15) is 6.10 Å². The second-order valence-electron chi connectivity index (χ2n) is 4.34. The molecule has 0 fully saturated rings. The molecule has 0 aliphatic heterocycles. The minimum absolute atomic E-state index is 0.100. The van der Waals surface area contributed by atoms with Gasteiger partial charge < -0.3 is 10.2 Å². The van der Waals surface area contributed by atoms with Gasteiger partial charge in [0, 0.05) is 11.5 Å². The zero-order valence-electron chi connectivity index (χ0n) is 9.16. The minimum Gasteiger partial charge on any atom is -0.396 e. The highest BCUT2D eigenvalue weighted by Crippen LogP contribution is 2.19. The molecule has 0 aliphatic carbocycles. The predicted molar refractivity (Wildman–Crippen MR) is 53.3 cm³/mol. The Kier molecular flexibility index (Phi) is 5.04. The van der Waals surface area contributed by atoms with Crippen molar-refractivity contribution in [2.75, 3.05) is 6.61 Å².